The molecule has 0 atom stereocenters. The van der Waals surface area contributed by atoms with E-state index >= 15 is 0 Å². The first-order valence-electron chi connectivity index (χ1n) is 20.7. The summed E-state index contributed by atoms with van der Waals surface area (Å²) in [5, 5.41) is 0. The maximum atomic E-state index is 5.26. The second-order valence-electron chi connectivity index (χ2n) is 21.4. The van der Waals surface area contributed by atoms with Crippen LogP contribution >= 0.6 is 0 Å². The van der Waals surface area contributed by atoms with Crippen LogP contribution in [0.2, 0.25) is 0 Å². The topological polar surface area (TPSA) is 51.6 Å². The van der Waals surface area contributed by atoms with Crippen molar-refractivity contribution in [3.63, 3.8) is 0 Å². The quantitative estimate of drug-likeness (QED) is 0.185. The summed E-state index contributed by atoms with van der Waals surface area (Å²) in [6.45, 7) is 33.4. The molecule has 0 unspecified atom stereocenters. The van der Waals surface area contributed by atoms with Gasteiger partial charge >= 0.3 is 0 Å². The largest absolute Gasteiger partial charge is 0.255 e. The lowest BCUT2D eigenvalue weighted by molar-refractivity contribution is 0.125. The monoisotopic (exact) mass is 730 g/mol. The van der Waals surface area contributed by atoms with Crippen LogP contribution in [0.15, 0.2) is 72.9 Å². The summed E-state index contributed by atoms with van der Waals surface area (Å²) in [5.41, 5.74) is 14.2. The molecule has 0 N–H and O–H groups in total. The lowest BCUT2D eigenvalue weighted by Gasteiger charge is -2.44. The van der Waals surface area contributed by atoms with Crippen LogP contribution in [0.4, 0.5) is 0 Å². The summed E-state index contributed by atoms with van der Waals surface area (Å²) >= 11 is 0. The number of rotatable bonds is 4. The Morgan fingerprint density at radius 2 is 0.727 bits per heavy atom. The molecular weight excluding hydrogens is 669 g/mol. The molecule has 0 bridgehead atoms. The molecule has 0 fully saturated rings. The van der Waals surface area contributed by atoms with E-state index in [1.807, 2.05) is 6.20 Å². The van der Waals surface area contributed by atoms with Crippen LogP contribution in [0.5, 0.6) is 0 Å². The van der Waals surface area contributed by atoms with Crippen molar-refractivity contribution in [2.45, 2.75) is 155 Å². The second-order valence-corrected chi connectivity index (χ2v) is 21.4. The first-order valence-corrected chi connectivity index (χ1v) is 20.7. The summed E-state index contributed by atoms with van der Waals surface area (Å²) < 4.78 is 0. The Hall–Kier alpha value is -4.18. The van der Waals surface area contributed by atoms with Crippen molar-refractivity contribution in [3.05, 3.63) is 106 Å². The van der Waals surface area contributed by atoms with Crippen LogP contribution in [0.25, 0.3) is 45.4 Å². The van der Waals surface area contributed by atoms with Gasteiger partial charge in [0.25, 0.3) is 0 Å². The highest BCUT2D eigenvalue weighted by molar-refractivity contribution is 5.71. The van der Waals surface area contributed by atoms with Crippen molar-refractivity contribution in [1.82, 2.24) is 19.9 Å². The number of benzene rings is 3. The predicted molar refractivity (Wildman–Crippen MR) is 230 cm³/mol. The molecule has 2 heterocycles. The van der Waals surface area contributed by atoms with Gasteiger partial charge in [-0.05, 0) is 127 Å². The van der Waals surface area contributed by atoms with E-state index in [1.54, 1.807) is 0 Å². The van der Waals surface area contributed by atoms with Gasteiger partial charge in [0.2, 0.25) is 0 Å². The first-order chi connectivity index (χ1) is 25.5. The summed E-state index contributed by atoms with van der Waals surface area (Å²) in [6.07, 6.45) is 6.61. The maximum Gasteiger partial charge on any atom is 0.165 e. The third-order valence-electron chi connectivity index (χ3n) is 15.7. The lowest BCUT2D eigenvalue weighted by atomic mass is 9.59. The Morgan fingerprint density at radius 3 is 1.18 bits per heavy atom. The van der Waals surface area contributed by atoms with Gasteiger partial charge in [-0.15, -0.1) is 0 Å². The number of fused-ring (bicyclic) bond motifs is 3. The molecule has 4 nitrogen and oxygen atoms in total. The van der Waals surface area contributed by atoms with Gasteiger partial charge in [-0.3, -0.25) is 4.98 Å². The Labute approximate surface area is 331 Å². The van der Waals surface area contributed by atoms with Gasteiger partial charge in [-0.2, -0.15) is 0 Å². The summed E-state index contributed by atoms with van der Waals surface area (Å²) in [6, 6.07) is 25.0. The molecule has 3 aromatic carbocycles. The normalized spacial score (nSPS) is 21.6. The van der Waals surface area contributed by atoms with Gasteiger partial charge in [-0.1, -0.05) is 133 Å². The molecule has 2 aromatic heterocycles. The minimum absolute atomic E-state index is 0.0305. The van der Waals surface area contributed by atoms with E-state index in [-0.39, 0.29) is 37.9 Å². The van der Waals surface area contributed by atoms with Crippen LogP contribution < -0.4 is 0 Å². The van der Waals surface area contributed by atoms with Crippen LogP contribution in [-0.2, 0) is 32.5 Å². The van der Waals surface area contributed by atoms with Gasteiger partial charge in [0.05, 0.1) is 5.69 Å². The fourth-order valence-electron chi connectivity index (χ4n) is 10.1. The van der Waals surface area contributed by atoms with Gasteiger partial charge in [0.15, 0.2) is 17.5 Å². The number of aromatic nitrogens is 4. The SMILES string of the molecule is CC1(C)CCC(C)(C)c2cc(-c3nc(-c4ccc(-c5ccc6c(c5)C(C)(C)C(C)(C)C6(C)C)nc4)nc(-c4ccc5c(c4)C(C)(C)CCC5(C)C)n3)ccc21. The average Bonchev–Trinajstić information content (AvgIpc) is 3.24. The Bertz CT molecular complexity index is 2250. The van der Waals surface area contributed by atoms with E-state index < -0.39 is 0 Å². The minimum Gasteiger partial charge on any atom is -0.255 e. The van der Waals surface area contributed by atoms with Gasteiger partial charge in [0, 0.05) is 28.5 Å². The molecule has 55 heavy (non-hydrogen) atoms. The van der Waals surface area contributed by atoms with Crippen molar-refractivity contribution in [1.29, 1.82) is 0 Å². The van der Waals surface area contributed by atoms with E-state index in [1.165, 1.54) is 46.2 Å². The Kier molecular flexibility index (Phi) is 8.17. The van der Waals surface area contributed by atoms with E-state index in [0.29, 0.717) is 17.5 Å². The molecule has 0 saturated carbocycles. The van der Waals surface area contributed by atoms with Crippen molar-refractivity contribution >= 4 is 0 Å². The zero-order valence-corrected chi connectivity index (χ0v) is 36.0. The molecule has 8 rings (SSSR count). The molecule has 0 spiro atoms. The van der Waals surface area contributed by atoms with Gasteiger partial charge in [-0.25, -0.2) is 15.0 Å². The van der Waals surface area contributed by atoms with Gasteiger partial charge < -0.3 is 0 Å². The number of hydrogen-bond acceptors (Lipinski definition) is 4. The van der Waals surface area contributed by atoms with Crippen molar-refractivity contribution < 1.29 is 0 Å². The molecular formula is C51H62N4. The number of nitrogens with zero attached hydrogens (tertiary/aromatic N) is 4. The van der Waals surface area contributed by atoms with Crippen molar-refractivity contribution in [2.75, 3.05) is 0 Å². The van der Waals surface area contributed by atoms with Crippen molar-refractivity contribution in [3.8, 4) is 45.4 Å². The predicted octanol–water partition coefficient (Wildman–Crippen LogP) is 13.2. The number of pyridine rings is 1. The second kappa shape index (κ2) is 11.9. The summed E-state index contributed by atoms with van der Waals surface area (Å²) in [4.78, 5) is 20.7. The van der Waals surface area contributed by atoms with Gasteiger partial charge in [0.1, 0.15) is 0 Å². The molecule has 4 heteroatoms. The molecule has 3 aliphatic rings. The zero-order valence-electron chi connectivity index (χ0n) is 36.0. The fourth-order valence-corrected chi connectivity index (χ4v) is 10.1. The Morgan fingerprint density at radius 1 is 0.364 bits per heavy atom. The highest BCUT2D eigenvalue weighted by Crippen LogP contribution is 2.62. The third kappa shape index (κ3) is 5.75. The molecule has 0 aliphatic heterocycles. The Balaban J connectivity index is 1.25. The molecule has 0 radical (unpaired) electrons. The van der Waals surface area contributed by atoms with Crippen LogP contribution in [0.3, 0.4) is 0 Å². The maximum absolute atomic E-state index is 5.26. The van der Waals surface area contributed by atoms with Crippen LogP contribution in [-0.4, -0.2) is 19.9 Å². The van der Waals surface area contributed by atoms with E-state index in [4.69, 9.17) is 19.9 Å². The van der Waals surface area contributed by atoms with Crippen LogP contribution in [0.1, 0.15) is 156 Å². The summed E-state index contributed by atoms with van der Waals surface area (Å²) in [7, 11) is 0. The molecule has 3 aliphatic carbocycles. The minimum atomic E-state index is 0.0305. The highest BCUT2D eigenvalue weighted by Gasteiger charge is 2.56. The third-order valence-corrected chi connectivity index (χ3v) is 15.7. The van der Waals surface area contributed by atoms with E-state index in [9.17, 15) is 0 Å². The van der Waals surface area contributed by atoms with E-state index in [2.05, 4.69) is 164 Å². The van der Waals surface area contributed by atoms with Crippen molar-refractivity contribution in [2.24, 2.45) is 5.41 Å². The molecule has 0 saturated heterocycles. The smallest absolute Gasteiger partial charge is 0.165 e. The molecule has 286 valence electrons. The average molecular weight is 731 g/mol. The van der Waals surface area contributed by atoms with E-state index in [0.717, 1.165) is 40.8 Å². The highest BCUT2D eigenvalue weighted by atomic mass is 15.0. The summed E-state index contributed by atoms with van der Waals surface area (Å²) in [5.74, 6) is 2.05. The lowest BCUT2D eigenvalue weighted by Crippen LogP contribution is -2.42. The standard InChI is InChI=1S/C51H62N4/c1-45(2)23-25-47(5,6)38-28-32(16-19-35(38)45)42-53-43(33-17-20-36-39(29-33)48(7,8)26-24-46(36,3)4)55-44(54-42)34-18-22-41(52-30-34)31-15-21-37-40(27-31)50(11,12)51(13,14)49(37,9)10/h15-22,27-30H,23-26H2,1-14H3. The number of hydrogen-bond donors (Lipinski definition) is 0. The fraction of sp³-hybridized carbons (Fsp3) is 0.490. The first kappa shape index (κ1) is 37.7. The zero-order chi connectivity index (χ0) is 39.7. The van der Waals surface area contributed by atoms with Crippen LogP contribution in [0, 0.1) is 5.41 Å². The molecule has 0 amide bonds. The molecule has 5 aromatic rings.